The molecule has 16 heavy (non-hydrogen) atoms. The molecule has 0 radical (unpaired) electrons. The van der Waals surface area contributed by atoms with Crippen molar-refractivity contribution in [3.63, 3.8) is 0 Å². The Balaban J connectivity index is 2.14. The molecule has 1 aliphatic rings. The van der Waals surface area contributed by atoms with E-state index in [0.29, 0.717) is 5.02 Å². The van der Waals surface area contributed by atoms with Crippen LogP contribution in [0.2, 0.25) is 10.2 Å². The van der Waals surface area contributed by atoms with E-state index < -0.39 is 0 Å². The Morgan fingerprint density at radius 3 is 2.81 bits per heavy atom. The van der Waals surface area contributed by atoms with Crippen molar-refractivity contribution in [3.8, 4) is 5.69 Å². The summed E-state index contributed by atoms with van der Waals surface area (Å²) in [5, 5.41) is 5.96. The normalized spacial score (nSPS) is 14.1. The minimum absolute atomic E-state index is 0.698. The highest BCUT2D eigenvalue weighted by Crippen LogP contribution is 2.30. The fourth-order valence-electron chi connectivity index (χ4n) is 2.13. The fraction of sp³-hybridized carbons (Fsp3) is 0.250. The molecule has 0 saturated heterocycles. The smallest absolute Gasteiger partial charge is 0.136 e. The summed E-state index contributed by atoms with van der Waals surface area (Å²) < 4.78 is 1.78. The molecule has 82 valence electrons. The Kier molecular flexibility index (Phi) is 2.41. The van der Waals surface area contributed by atoms with Gasteiger partial charge in [-0.2, -0.15) is 5.10 Å². The first-order chi connectivity index (χ1) is 7.75. The molecule has 0 N–H and O–H groups in total. The summed E-state index contributed by atoms with van der Waals surface area (Å²) in [6, 6.07) is 7.58. The largest absolute Gasteiger partial charge is 0.222 e. The van der Waals surface area contributed by atoms with Crippen molar-refractivity contribution in [3.05, 3.63) is 45.7 Å². The summed E-state index contributed by atoms with van der Waals surface area (Å²) >= 11 is 12.3. The Morgan fingerprint density at radius 2 is 2.06 bits per heavy atom. The summed E-state index contributed by atoms with van der Waals surface area (Å²) in [4.78, 5) is 0. The van der Waals surface area contributed by atoms with Crippen molar-refractivity contribution < 1.29 is 0 Å². The van der Waals surface area contributed by atoms with Crippen molar-refractivity contribution in [2.75, 3.05) is 0 Å². The maximum atomic E-state index is 6.31. The van der Waals surface area contributed by atoms with Crippen LogP contribution >= 0.6 is 23.2 Å². The quantitative estimate of drug-likeness (QED) is 0.758. The lowest BCUT2D eigenvalue weighted by atomic mass is 10.3. The van der Waals surface area contributed by atoms with Crippen LogP contribution < -0.4 is 0 Å². The van der Waals surface area contributed by atoms with E-state index in [9.17, 15) is 0 Å². The van der Waals surface area contributed by atoms with Crippen molar-refractivity contribution in [1.82, 2.24) is 9.78 Å². The maximum Gasteiger partial charge on any atom is 0.136 e. The molecule has 0 spiro atoms. The lowest BCUT2D eigenvalue weighted by molar-refractivity contribution is 0.801. The third-order valence-corrected chi connectivity index (χ3v) is 3.52. The van der Waals surface area contributed by atoms with Crippen molar-refractivity contribution >= 4 is 23.2 Å². The number of aromatic nitrogens is 2. The number of hydrogen-bond donors (Lipinski definition) is 0. The first-order valence-corrected chi connectivity index (χ1v) is 6.03. The molecule has 1 heterocycles. The Hall–Kier alpha value is -0.990. The van der Waals surface area contributed by atoms with Crippen LogP contribution in [0.4, 0.5) is 0 Å². The predicted molar refractivity (Wildman–Crippen MR) is 65.6 cm³/mol. The van der Waals surface area contributed by atoms with Gasteiger partial charge < -0.3 is 0 Å². The summed E-state index contributed by atoms with van der Waals surface area (Å²) in [6.07, 6.45) is 3.23. The van der Waals surface area contributed by atoms with Crippen LogP contribution in [0.1, 0.15) is 17.7 Å². The summed E-state index contributed by atoms with van der Waals surface area (Å²) in [5.74, 6) is 0. The Morgan fingerprint density at radius 1 is 1.19 bits per heavy atom. The highest BCUT2D eigenvalue weighted by atomic mass is 35.5. The second kappa shape index (κ2) is 3.79. The number of aryl methyl sites for hydroxylation is 1. The van der Waals surface area contributed by atoms with Crippen LogP contribution in [0.5, 0.6) is 0 Å². The van der Waals surface area contributed by atoms with Crippen LogP contribution in [-0.2, 0) is 12.8 Å². The predicted octanol–water partition coefficient (Wildman–Crippen LogP) is 3.67. The van der Waals surface area contributed by atoms with E-state index in [2.05, 4.69) is 5.10 Å². The second-order valence-electron chi connectivity index (χ2n) is 3.96. The molecule has 0 atom stereocenters. The summed E-state index contributed by atoms with van der Waals surface area (Å²) in [5.41, 5.74) is 3.25. The van der Waals surface area contributed by atoms with Crippen LogP contribution in [0.3, 0.4) is 0 Å². The maximum absolute atomic E-state index is 6.31. The van der Waals surface area contributed by atoms with Gasteiger partial charge in [0.2, 0.25) is 0 Å². The molecule has 1 aromatic carbocycles. The van der Waals surface area contributed by atoms with Gasteiger partial charge in [-0.15, -0.1) is 0 Å². The molecule has 0 bridgehead atoms. The molecule has 1 aliphatic carbocycles. The number of nitrogens with zero attached hydrogens (tertiary/aromatic N) is 2. The van der Waals surface area contributed by atoms with Gasteiger partial charge in [-0.25, -0.2) is 4.68 Å². The second-order valence-corrected chi connectivity index (χ2v) is 4.76. The summed E-state index contributed by atoms with van der Waals surface area (Å²) in [6.45, 7) is 0. The monoisotopic (exact) mass is 252 g/mol. The topological polar surface area (TPSA) is 17.8 Å². The van der Waals surface area contributed by atoms with Crippen LogP contribution in [0, 0.1) is 0 Å². The van der Waals surface area contributed by atoms with E-state index >= 15 is 0 Å². The minimum Gasteiger partial charge on any atom is -0.222 e. The molecule has 2 aromatic rings. The molecule has 3 rings (SSSR count). The molecule has 0 saturated carbocycles. The third kappa shape index (κ3) is 1.53. The van der Waals surface area contributed by atoms with Crippen molar-refractivity contribution in [2.24, 2.45) is 0 Å². The zero-order valence-electron chi connectivity index (χ0n) is 8.58. The lowest BCUT2D eigenvalue weighted by Gasteiger charge is -2.04. The van der Waals surface area contributed by atoms with Crippen LogP contribution in [0.15, 0.2) is 24.3 Å². The van der Waals surface area contributed by atoms with Gasteiger partial charge in [-0.3, -0.25) is 0 Å². The molecule has 4 heteroatoms. The van der Waals surface area contributed by atoms with Crippen molar-refractivity contribution in [2.45, 2.75) is 19.3 Å². The number of benzene rings is 1. The average Bonchev–Trinajstić information content (AvgIpc) is 2.82. The molecule has 0 unspecified atom stereocenters. The summed E-state index contributed by atoms with van der Waals surface area (Å²) in [7, 11) is 0. The third-order valence-electron chi connectivity index (χ3n) is 2.90. The van der Waals surface area contributed by atoms with Gasteiger partial charge in [-0.05, 0) is 37.5 Å². The van der Waals surface area contributed by atoms with Crippen molar-refractivity contribution in [1.29, 1.82) is 0 Å². The lowest BCUT2D eigenvalue weighted by Crippen LogP contribution is -1.98. The highest BCUT2D eigenvalue weighted by molar-refractivity contribution is 6.31. The number of halogens is 2. The zero-order valence-corrected chi connectivity index (χ0v) is 10.1. The number of hydrogen-bond acceptors (Lipinski definition) is 1. The fourth-order valence-corrected chi connectivity index (χ4v) is 2.66. The first kappa shape index (κ1) is 10.2. The van der Waals surface area contributed by atoms with Gasteiger partial charge in [0.25, 0.3) is 0 Å². The van der Waals surface area contributed by atoms with Gasteiger partial charge in [0.1, 0.15) is 5.15 Å². The van der Waals surface area contributed by atoms with Crippen LogP contribution in [0.25, 0.3) is 5.69 Å². The molecule has 2 nitrogen and oxygen atoms in total. The zero-order chi connectivity index (χ0) is 11.1. The van der Waals surface area contributed by atoms with E-state index in [1.807, 2.05) is 24.3 Å². The minimum atomic E-state index is 0.698. The molecule has 0 fully saturated rings. The Bertz CT molecular complexity index is 546. The average molecular weight is 253 g/mol. The molecule has 0 amide bonds. The Labute approximate surface area is 104 Å². The van der Waals surface area contributed by atoms with Gasteiger partial charge in [-0.1, -0.05) is 29.3 Å². The van der Waals surface area contributed by atoms with E-state index in [4.69, 9.17) is 23.2 Å². The van der Waals surface area contributed by atoms with E-state index in [1.165, 1.54) is 5.56 Å². The van der Waals surface area contributed by atoms with E-state index in [1.54, 1.807) is 4.68 Å². The van der Waals surface area contributed by atoms with Gasteiger partial charge in [0.15, 0.2) is 0 Å². The first-order valence-electron chi connectivity index (χ1n) is 5.28. The van der Waals surface area contributed by atoms with E-state index in [-0.39, 0.29) is 0 Å². The van der Waals surface area contributed by atoms with Gasteiger partial charge in [0, 0.05) is 10.6 Å². The standard InChI is InChI=1S/C12H10Cl2N2/c13-8-3-1-4-9(7-8)16-12(14)10-5-2-6-11(10)15-16/h1,3-4,7H,2,5-6H2. The van der Waals surface area contributed by atoms with Gasteiger partial charge in [0.05, 0.1) is 11.4 Å². The molecule has 0 aliphatic heterocycles. The number of rotatable bonds is 1. The molecular formula is C12H10Cl2N2. The van der Waals surface area contributed by atoms with E-state index in [0.717, 1.165) is 35.8 Å². The SMILES string of the molecule is Clc1cccc(-n2nc3c(c2Cl)CCC3)c1. The van der Waals surface area contributed by atoms with Crippen LogP contribution in [-0.4, -0.2) is 9.78 Å². The van der Waals surface area contributed by atoms with Gasteiger partial charge >= 0.3 is 0 Å². The molecule has 1 aromatic heterocycles. The highest BCUT2D eigenvalue weighted by Gasteiger charge is 2.21. The number of fused-ring (bicyclic) bond motifs is 1. The molecular weight excluding hydrogens is 243 g/mol.